The Kier molecular flexibility index (Phi) is 2.52. The Labute approximate surface area is 80.0 Å². The molecule has 2 rings (SSSR count). The van der Waals surface area contributed by atoms with Crippen molar-refractivity contribution in [2.75, 3.05) is 0 Å². The maximum absolute atomic E-state index is 5.34. The summed E-state index contributed by atoms with van der Waals surface area (Å²) in [6.45, 7) is 0.457. The van der Waals surface area contributed by atoms with E-state index in [1.807, 2.05) is 23.6 Å². The predicted octanol–water partition coefficient (Wildman–Crippen LogP) is 1.92. The molecule has 4 heteroatoms. The van der Waals surface area contributed by atoms with Crippen molar-refractivity contribution in [1.29, 1.82) is 0 Å². The van der Waals surface area contributed by atoms with Gasteiger partial charge in [-0.15, -0.1) is 11.3 Å². The van der Waals surface area contributed by atoms with Gasteiger partial charge in [0.1, 0.15) is 6.61 Å². The molecule has 0 aliphatic carbocycles. The predicted molar refractivity (Wildman–Crippen MR) is 49.5 cm³/mol. The maximum Gasteiger partial charge on any atom is 0.225 e. The summed E-state index contributed by atoms with van der Waals surface area (Å²) >= 11 is 1.39. The van der Waals surface area contributed by atoms with Gasteiger partial charge < -0.3 is 4.74 Å². The van der Waals surface area contributed by atoms with Crippen molar-refractivity contribution in [1.82, 2.24) is 9.97 Å². The molecule has 2 aromatic heterocycles. The molecule has 0 N–H and O–H groups in total. The van der Waals surface area contributed by atoms with Gasteiger partial charge in [0.05, 0.1) is 11.1 Å². The third-order valence-electron chi connectivity index (χ3n) is 1.46. The minimum atomic E-state index is 0.457. The fourth-order valence-electron chi connectivity index (χ4n) is 0.872. The monoisotopic (exact) mass is 191 g/mol. The fourth-order valence-corrected chi connectivity index (χ4v) is 1.29. The first-order valence-corrected chi connectivity index (χ1v) is 4.67. The molecule has 0 saturated heterocycles. The summed E-state index contributed by atoms with van der Waals surface area (Å²) < 4.78 is 5.34. The third-order valence-corrected chi connectivity index (χ3v) is 1.98. The summed E-state index contributed by atoms with van der Waals surface area (Å²) in [4.78, 5) is 7.99. The van der Waals surface area contributed by atoms with Gasteiger partial charge in [-0.05, 0) is 12.1 Å². The first-order chi connectivity index (χ1) is 6.45. The van der Waals surface area contributed by atoms with Crippen molar-refractivity contribution < 1.29 is 4.74 Å². The molecule has 0 atom stereocenters. The van der Waals surface area contributed by atoms with E-state index >= 15 is 0 Å². The van der Waals surface area contributed by atoms with Gasteiger partial charge in [-0.1, -0.05) is 6.07 Å². The molecule has 0 bridgehead atoms. The van der Waals surface area contributed by atoms with Gasteiger partial charge in [-0.25, -0.2) is 0 Å². The summed E-state index contributed by atoms with van der Waals surface area (Å²) in [5, 5.41) is 1.81. The van der Waals surface area contributed by atoms with Crippen LogP contribution in [0, 0.1) is 5.51 Å². The van der Waals surface area contributed by atoms with Crippen LogP contribution in [0.1, 0.15) is 5.69 Å². The highest BCUT2D eigenvalue weighted by atomic mass is 32.1. The van der Waals surface area contributed by atoms with Crippen molar-refractivity contribution in [3.63, 3.8) is 0 Å². The van der Waals surface area contributed by atoms with Gasteiger partial charge in [0, 0.05) is 6.20 Å². The van der Waals surface area contributed by atoms with Crippen LogP contribution in [0.3, 0.4) is 0 Å². The zero-order chi connectivity index (χ0) is 8.93. The van der Waals surface area contributed by atoms with Gasteiger partial charge in [-0.3, -0.25) is 4.98 Å². The lowest BCUT2D eigenvalue weighted by Crippen LogP contribution is -1.97. The van der Waals surface area contributed by atoms with Crippen LogP contribution in [0.15, 0.2) is 29.8 Å². The number of thiazole rings is 1. The summed E-state index contributed by atoms with van der Waals surface area (Å²) in [5.41, 5.74) is 3.61. The van der Waals surface area contributed by atoms with Crippen LogP contribution in [0.25, 0.3) is 0 Å². The van der Waals surface area contributed by atoms with E-state index in [1.54, 1.807) is 6.20 Å². The number of ether oxygens (including phenoxy) is 1. The van der Waals surface area contributed by atoms with Gasteiger partial charge in [0.2, 0.25) is 5.88 Å². The Morgan fingerprint density at radius 2 is 2.46 bits per heavy atom. The topological polar surface area (TPSA) is 35.0 Å². The second-order valence-corrected chi connectivity index (χ2v) is 3.04. The Morgan fingerprint density at radius 3 is 3.15 bits per heavy atom. The van der Waals surface area contributed by atoms with E-state index in [2.05, 4.69) is 15.5 Å². The Bertz CT molecular complexity index is 347. The van der Waals surface area contributed by atoms with E-state index in [0.29, 0.717) is 12.5 Å². The van der Waals surface area contributed by atoms with E-state index in [9.17, 15) is 0 Å². The van der Waals surface area contributed by atoms with Gasteiger partial charge >= 0.3 is 0 Å². The number of hydrogen-bond donors (Lipinski definition) is 0. The molecule has 3 nitrogen and oxygen atoms in total. The minimum Gasteiger partial charge on any atom is -0.471 e. The van der Waals surface area contributed by atoms with Crippen molar-refractivity contribution in [3.05, 3.63) is 41.0 Å². The number of nitrogens with zero attached hydrogens (tertiary/aromatic N) is 2. The SMILES string of the molecule is [c]1nc(OCc2ccccn2)cs1. The molecule has 0 aliphatic heterocycles. The minimum absolute atomic E-state index is 0.457. The molecule has 13 heavy (non-hydrogen) atoms. The van der Waals surface area contributed by atoms with E-state index < -0.39 is 0 Å². The van der Waals surface area contributed by atoms with E-state index in [4.69, 9.17) is 4.74 Å². The van der Waals surface area contributed by atoms with E-state index in [-0.39, 0.29) is 0 Å². The average Bonchev–Trinajstić information content (AvgIpc) is 2.69. The standard InChI is InChI=1S/C9H7N2OS/c1-2-4-10-8(3-1)5-12-9-6-13-7-11-9/h1-4,6H,5H2. The molecule has 0 spiro atoms. The van der Waals surface area contributed by atoms with Crippen molar-refractivity contribution in [2.24, 2.45) is 0 Å². The fraction of sp³-hybridized carbons (Fsp3) is 0.111. The molecule has 0 unspecified atom stereocenters. The lowest BCUT2D eigenvalue weighted by molar-refractivity contribution is 0.291. The molecule has 1 radical (unpaired) electrons. The Balaban J connectivity index is 1.94. The van der Waals surface area contributed by atoms with Crippen LogP contribution in [0.5, 0.6) is 5.88 Å². The van der Waals surface area contributed by atoms with Crippen molar-refractivity contribution in [3.8, 4) is 5.88 Å². The second kappa shape index (κ2) is 4.00. The molecular formula is C9H7N2OS. The highest BCUT2D eigenvalue weighted by Gasteiger charge is 1.96. The first kappa shape index (κ1) is 8.19. The lowest BCUT2D eigenvalue weighted by atomic mass is 10.4. The first-order valence-electron chi connectivity index (χ1n) is 3.79. The summed E-state index contributed by atoms with van der Waals surface area (Å²) in [7, 11) is 0. The van der Waals surface area contributed by atoms with Crippen LogP contribution in [-0.4, -0.2) is 9.97 Å². The number of aromatic nitrogens is 2. The van der Waals surface area contributed by atoms with Gasteiger partial charge in [0.25, 0.3) is 0 Å². The van der Waals surface area contributed by atoms with Gasteiger partial charge in [0.15, 0.2) is 5.51 Å². The van der Waals surface area contributed by atoms with Crippen LogP contribution in [0.4, 0.5) is 0 Å². The largest absolute Gasteiger partial charge is 0.471 e. The molecule has 0 amide bonds. The molecule has 0 saturated carbocycles. The highest BCUT2D eigenvalue weighted by Crippen LogP contribution is 2.10. The summed E-state index contributed by atoms with van der Waals surface area (Å²) in [5.74, 6) is 0.607. The van der Waals surface area contributed by atoms with Crippen molar-refractivity contribution in [2.45, 2.75) is 6.61 Å². The molecular weight excluding hydrogens is 184 g/mol. The highest BCUT2D eigenvalue weighted by molar-refractivity contribution is 7.07. The zero-order valence-electron chi connectivity index (χ0n) is 6.80. The van der Waals surface area contributed by atoms with Crippen molar-refractivity contribution >= 4 is 11.3 Å². The van der Waals surface area contributed by atoms with E-state index in [1.165, 1.54) is 11.3 Å². The molecule has 2 aromatic rings. The summed E-state index contributed by atoms with van der Waals surface area (Å²) in [6.07, 6.45) is 1.74. The van der Waals surface area contributed by atoms with Crippen LogP contribution in [-0.2, 0) is 6.61 Å². The van der Waals surface area contributed by atoms with Crippen LogP contribution >= 0.6 is 11.3 Å². The number of hydrogen-bond acceptors (Lipinski definition) is 4. The average molecular weight is 191 g/mol. The summed E-state index contributed by atoms with van der Waals surface area (Å²) in [6, 6.07) is 5.72. The maximum atomic E-state index is 5.34. The molecule has 0 fully saturated rings. The Hall–Kier alpha value is -1.42. The quantitative estimate of drug-likeness (QED) is 0.743. The number of pyridine rings is 1. The normalized spacial score (nSPS) is 9.85. The van der Waals surface area contributed by atoms with Crippen LogP contribution in [0.2, 0.25) is 0 Å². The Morgan fingerprint density at radius 1 is 1.46 bits per heavy atom. The van der Waals surface area contributed by atoms with Crippen LogP contribution < -0.4 is 4.74 Å². The lowest BCUT2D eigenvalue weighted by Gasteiger charge is -2.00. The van der Waals surface area contributed by atoms with E-state index in [0.717, 1.165) is 5.69 Å². The molecule has 65 valence electrons. The molecule has 2 heterocycles. The third kappa shape index (κ3) is 2.26. The zero-order valence-corrected chi connectivity index (χ0v) is 7.62. The second-order valence-electron chi connectivity index (χ2n) is 2.39. The molecule has 0 aliphatic rings. The molecule has 0 aromatic carbocycles. The number of rotatable bonds is 3. The van der Waals surface area contributed by atoms with Gasteiger partial charge in [-0.2, -0.15) is 4.98 Å². The smallest absolute Gasteiger partial charge is 0.225 e.